The fraction of sp³-hybridized carbons (Fsp3) is 0.222. The van der Waals surface area contributed by atoms with Crippen molar-refractivity contribution in [3.8, 4) is 0 Å². The van der Waals surface area contributed by atoms with Crippen molar-refractivity contribution in [1.29, 1.82) is 0 Å². The maximum atomic E-state index is 12.4. The highest BCUT2D eigenvalue weighted by molar-refractivity contribution is 9.10. The fourth-order valence-electron chi connectivity index (χ4n) is 2.03. The molecule has 0 aliphatic heterocycles. The molecule has 0 fully saturated rings. The van der Waals surface area contributed by atoms with Crippen molar-refractivity contribution in [2.45, 2.75) is 26.9 Å². The molecular formula is C18H17BrO3. The minimum atomic E-state index is -0.832. The van der Waals surface area contributed by atoms with Crippen molar-refractivity contribution in [2.24, 2.45) is 0 Å². The van der Waals surface area contributed by atoms with Crippen LogP contribution in [-0.2, 0) is 4.74 Å². The molecule has 0 bridgehead atoms. The normalized spacial score (nSPS) is 11.8. The molecule has 0 heterocycles. The first kappa shape index (κ1) is 16.4. The Morgan fingerprint density at radius 3 is 2.36 bits per heavy atom. The van der Waals surface area contributed by atoms with E-state index >= 15 is 0 Å². The van der Waals surface area contributed by atoms with Crippen molar-refractivity contribution in [1.82, 2.24) is 0 Å². The topological polar surface area (TPSA) is 43.4 Å². The number of benzene rings is 2. The molecule has 0 unspecified atom stereocenters. The van der Waals surface area contributed by atoms with Gasteiger partial charge in [-0.25, -0.2) is 4.79 Å². The third-order valence-electron chi connectivity index (χ3n) is 3.54. The minimum Gasteiger partial charge on any atom is -0.451 e. The Morgan fingerprint density at radius 1 is 1.05 bits per heavy atom. The van der Waals surface area contributed by atoms with E-state index in [9.17, 15) is 9.59 Å². The van der Waals surface area contributed by atoms with Crippen LogP contribution in [0.1, 0.15) is 38.8 Å². The Bertz CT molecular complexity index is 722. The predicted octanol–water partition coefficient (Wildman–Crippen LogP) is 4.49. The van der Waals surface area contributed by atoms with Gasteiger partial charge in [0.05, 0.1) is 5.56 Å². The molecule has 0 amide bonds. The second kappa shape index (κ2) is 6.88. The van der Waals surface area contributed by atoms with E-state index in [1.165, 1.54) is 0 Å². The van der Waals surface area contributed by atoms with Crippen LogP contribution in [0.2, 0.25) is 0 Å². The molecule has 2 aromatic carbocycles. The quantitative estimate of drug-likeness (QED) is 0.595. The first-order valence-corrected chi connectivity index (χ1v) is 7.76. The molecule has 0 N–H and O–H groups in total. The zero-order valence-electron chi connectivity index (χ0n) is 12.7. The van der Waals surface area contributed by atoms with Gasteiger partial charge in [0.25, 0.3) is 0 Å². The SMILES string of the molecule is Cc1ccc(C(=O)[C@@H](C)OC(=O)c2ccccc2Br)cc1C. The van der Waals surface area contributed by atoms with Gasteiger partial charge < -0.3 is 4.74 Å². The van der Waals surface area contributed by atoms with Gasteiger partial charge in [-0.15, -0.1) is 0 Å². The number of esters is 1. The highest BCUT2D eigenvalue weighted by Crippen LogP contribution is 2.19. The largest absolute Gasteiger partial charge is 0.451 e. The lowest BCUT2D eigenvalue weighted by molar-refractivity contribution is 0.0318. The molecule has 0 spiro atoms. The van der Waals surface area contributed by atoms with E-state index < -0.39 is 12.1 Å². The number of hydrogen-bond donors (Lipinski definition) is 0. The summed E-state index contributed by atoms with van der Waals surface area (Å²) in [5, 5.41) is 0. The molecule has 3 nitrogen and oxygen atoms in total. The smallest absolute Gasteiger partial charge is 0.339 e. The van der Waals surface area contributed by atoms with Crippen LogP contribution in [0.4, 0.5) is 0 Å². The second-order valence-electron chi connectivity index (χ2n) is 5.19. The first-order valence-electron chi connectivity index (χ1n) is 6.97. The Hall–Kier alpha value is -1.94. The predicted molar refractivity (Wildman–Crippen MR) is 89.3 cm³/mol. The van der Waals surface area contributed by atoms with Gasteiger partial charge >= 0.3 is 5.97 Å². The molecule has 22 heavy (non-hydrogen) atoms. The van der Waals surface area contributed by atoms with E-state index in [1.807, 2.05) is 32.0 Å². The maximum Gasteiger partial charge on any atom is 0.339 e. The Balaban J connectivity index is 2.13. The van der Waals surface area contributed by atoms with Crippen molar-refractivity contribution in [2.75, 3.05) is 0 Å². The summed E-state index contributed by atoms with van der Waals surface area (Å²) in [6.45, 7) is 5.52. The first-order chi connectivity index (χ1) is 10.4. The number of hydrogen-bond acceptors (Lipinski definition) is 3. The molecule has 0 radical (unpaired) electrons. The summed E-state index contributed by atoms with van der Waals surface area (Å²) < 4.78 is 5.93. The van der Waals surface area contributed by atoms with Crippen LogP contribution in [0.25, 0.3) is 0 Å². The van der Waals surface area contributed by atoms with Gasteiger partial charge in [0.2, 0.25) is 5.78 Å². The number of ketones is 1. The second-order valence-corrected chi connectivity index (χ2v) is 6.05. The Morgan fingerprint density at radius 2 is 1.73 bits per heavy atom. The molecule has 0 aliphatic rings. The van der Waals surface area contributed by atoms with Crippen LogP contribution in [0, 0.1) is 13.8 Å². The number of halogens is 1. The summed E-state index contributed by atoms with van der Waals surface area (Å²) in [5.74, 6) is -0.722. The van der Waals surface area contributed by atoms with E-state index in [2.05, 4.69) is 15.9 Å². The number of carbonyl (C=O) groups is 2. The zero-order valence-corrected chi connectivity index (χ0v) is 14.3. The third-order valence-corrected chi connectivity index (χ3v) is 4.23. The molecule has 2 rings (SSSR count). The molecule has 114 valence electrons. The van der Waals surface area contributed by atoms with E-state index in [1.54, 1.807) is 31.2 Å². The monoisotopic (exact) mass is 360 g/mol. The molecule has 0 aromatic heterocycles. The number of aryl methyl sites for hydroxylation is 2. The van der Waals surface area contributed by atoms with Gasteiger partial charge in [-0.1, -0.05) is 24.3 Å². The number of Topliss-reactive ketones (excluding diaryl/α,β-unsaturated/α-hetero) is 1. The number of rotatable bonds is 4. The zero-order chi connectivity index (χ0) is 16.3. The van der Waals surface area contributed by atoms with E-state index in [4.69, 9.17) is 4.74 Å². The molecule has 0 saturated carbocycles. The van der Waals surface area contributed by atoms with E-state index in [0.717, 1.165) is 11.1 Å². The number of ether oxygens (including phenoxy) is 1. The molecule has 2 aromatic rings. The lowest BCUT2D eigenvalue weighted by atomic mass is 10.0. The van der Waals surface area contributed by atoms with Crippen molar-refractivity contribution >= 4 is 27.7 Å². The minimum absolute atomic E-state index is 0.205. The van der Waals surface area contributed by atoms with Gasteiger partial charge in [0, 0.05) is 10.0 Å². The lowest BCUT2D eigenvalue weighted by Crippen LogP contribution is -2.24. The molecular weight excluding hydrogens is 344 g/mol. The van der Waals surface area contributed by atoms with Crippen LogP contribution in [-0.4, -0.2) is 17.9 Å². The Kier molecular flexibility index (Phi) is 5.14. The lowest BCUT2D eigenvalue weighted by Gasteiger charge is -2.13. The van der Waals surface area contributed by atoms with Crippen LogP contribution in [0.15, 0.2) is 46.9 Å². The summed E-state index contributed by atoms with van der Waals surface area (Å²) >= 11 is 3.30. The fourth-order valence-corrected chi connectivity index (χ4v) is 2.48. The molecule has 0 saturated heterocycles. The van der Waals surface area contributed by atoms with Gasteiger partial charge in [0.1, 0.15) is 0 Å². The van der Waals surface area contributed by atoms with Gasteiger partial charge in [-0.05, 0) is 66.0 Å². The van der Waals surface area contributed by atoms with E-state index in [-0.39, 0.29) is 5.78 Å². The molecule has 4 heteroatoms. The standard InChI is InChI=1S/C18H17BrO3/c1-11-8-9-14(10-12(11)2)17(20)13(3)22-18(21)15-6-4-5-7-16(15)19/h4-10,13H,1-3H3/t13-/m1/s1. The average Bonchev–Trinajstić information content (AvgIpc) is 2.49. The molecule has 1 atom stereocenters. The van der Waals surface area contributed by atoms with Crippen LogP contribution >= 0.6 is 15.9 Å². The highest BCUT2D eigenvalue weighted by Gasteiger charge is 2.21. The van der Waals surface area contributed by atoms with Gasteiger partial charge in [-0.2, -0.15) is 0 Å². The summed E-state index contributed by atoms with van der Waals surface area (Å²) in [7, 11) is 0. The highest BCUT2D eigenvalue weighted by atomic mass is 79.9. The summed E-state index contributed by atoms with van der Waals surface area (Å²) in [4.78, 5) is 24.5. The summed E-state index contributed by atoms with van der Waals surface area (Å²) in [6.07, 6.45) is -0.832. The van der Waals surface area contributed by atoms with Crippen molar-refractivity contribution < 1.29 is 14.3 Å². The van der Waals surface area contributed by atoms with Gasteiger partial charge in [-0.3, -0.25) is 4.79 Å². The maximum absolute atomic E-state index is 12.4. The summed E-state index contributed by atoms with van der Waals surface area (Å²) in [6, 6.07) is 12.4. The van der Waals surface area contributed by atoms with Crippen LogP contribution in [0.3, 0.4) is 0 Å². The van der Waals surface area contributed by atoms with Crippen molar-refractivity contribution in [3.05, 3.63) is 69.2 Å². The van der Waals surface area contributed by atoms with Gasteiger partial charge in [0.15, 0.2) is 6.10 Å². The number of carbonyl (C=O) groups excluding carboxylic acids is 2. The third kappa shape index (κ3) is 3.63. The van der Waals surface area contributed by atoms with Crippen LogP contribution in [0.5, 0.6) is 0 Å². The molecule has 0 aliphatic carbocycles. The Labute approximate surface area is 138 Å². The average molecular weight is 361 g/mol. The van der Waals surface area contributed by atoms with Crippen molar-refractivity contribution in [3.63, 3.8) is 0 Å². The van der Waals surface area contributed by atoms with Crippen LogP contribution < -0.4 is 0 Å². The summed E-state index contributed by atoms with van der Waals surface area (Å²) in [5.41, 5.74) is 3.11. The van der Waals surface area contributed by atoms with E-state index in [0.29, 0.717) is 15.6 Å².